The van der Waals surface area contributed by atoms with E-state index in [1.54, 1.807) is 0 Å². The molecule has 0 saturated carbocycles. The van der Waals surface area contributed by atoms with Gasteiger partial charge in [0.2, 0.25) is 5.91 Å². The van der Waals surface area contributed by atoms with E-state index in [2.05, 4.69) is 5.32 Å². The monoisotopic (exact) mass is 219 g/mol. The Balaban J connectivity index is 2.40. The van der Waals surface area contributed by atoms with Gasteiger partial charge in [0, 0.05) is 5.92 Å². The van der Waals surface area contributed by atoms with Crippen LogP contribution in [0.1, 0.15) is 20.8 Å². The number of halogens is 1. The SMILES string of the molecule is CC(C)C(C)C(=O)NC1COCC1Cl. The Hall–Kier alpha value is -0.280. The molecule has 3 nitrogen and oxygen atoms in total. The van der Waals surface area contributed by atoms with Crippen molar-refractivity contribution in [3.05, 3.63) is 0 Å². The lowest BCUT2D eigenvalue weighted by molar-refractivity contribution is -0.126. The highest BCUT2D eigenvalue weighted by molar-refractivity contribution is 6.21. The van der Waals surface area contributed by atoms with Crippen LogP contribution in [0.3, 0.4) is 0 Å². The average Bonchev–Trinajstić information content (AvgIpc) is 2.50. The van der Waals surface area contributed by atoms with E-state index in [9.17, 15) is 4.79 Å². The van der Waals surface area contributed by atoms with Gasteiger partial charge in [-0.15, -0.1) is 11.6 Å². The topological polar surface area (TPSA) is 38.3 Å². The van der Waals surface area contributed by atoms with Crippen LogP contribution in [-0.2, 0) is 9.53 Å². The first-order valence-electron chi connectivity index (χ1n) is 5.04. The number of rotatable bonds is 3. The first-order valence-corrected chi connectivity index (χ1v) is 5.48. The number of alkyl halides is 1. The summed E-state index contributed by atoms with van der Waals surface area (Å²) >= 11 is 5.97. The summed E-state index contributed by atoms with van der Waals surface area (Å²) in [5.41, 5.74) is 0. The quantitative estimate of drug-likeness (QED) is 0.729. The first kappa shape index (κ1) is 11.8. The maximum atomic E-state index is 11.7. The number of carbonyl (C=O) groups excluding carboxylic acids is 1. The van der Waals surface area contributed by atoms with Crippen molar-refractivity contribution in [2.24, 2.45) is 11.8 Å². The minimum atomic E-state index is -0.0849. The van der Waals surface area contributed by atoms with Gasteiger partial charge in [-0.25, -0.2) is 0 Å². The van der Waals surface area contributed by atoms with Crippen LogP contribution < -0.4 is 5.32 Å². The molecule has 0 bridgehead atoms. The zero-order valence-electron chi connectivity index (χ0n) is 8.92. The highest BCUT2D eigenvalue weighted by atomic mass is 35.5. The predicted molar refractivity (Wildman–Crippen MR) is 56.4 cm³/mol. The molecule has 1 fully saturated rings. The summed E-state index contributed by atoms with van der Waals surface area (Å²) in [5, 5.41) is 2.83. The molecule has 3 unspecified atom stereocenters. The molecule has 1 rings (SSSR count). The molecule has 1 amide bonds. The van der Waals surface area contributed by atoms with E-state index in [0.29, 0.717) is 19.1 Å². The summed E-state index contributed by atoms with van der Waals surface area (Å²) in [4.78, 5) is 11.7. The van der Waals surface area contributed by atoms with Crippen molar-refractivity contribution in [3.8, 4) is 0 Å². The van der Waals surface area contributed by atoms with Gasteiger partial charge < -0.3 is 10.1 Å². The molecule has 3 atom stereocenters. The van der Waals surface area contributed by atoms with Crippen LogP contribution >= 0.6 is 11.6 Å². The Labute approximate surface area is 90.1 Å². The van der Waals surface area contributed by atoms with Crippen LogP contribution in [0.25, 0.3) is 0 Å². The molecule has 0 aromatic heterocycles. The van der Waals surface area contributed by atoms with E-state index in [1.165, 1.54) is 0 Å². The molecule has 0 aromatic rings. The second kappa shape index (κ2) is 4.99. The zero-order valence-corrected chi connectivity index (χ0v) is 9.67. The van der Waals surface area contributed by atoms with E-state index in [-0.39, 0.29) is 23.2 Å². The van der Waals surface area contributed by atoms with Crippen LogP contribution in [-0.4, -0.2) is 30.5 Å². The van der Waals surface area contributed by atoms with E-state index in [1.807, 2.05) is 20.8 Å². The molecule has 1 saturated heterocycles. The molecule has 82 valence electrons. The minimum absolute atomic E-state index is 0.0228. The second-order valence-electron chi connectivity index (χ2n) is 4.20. The number of ether oxygens (including phenoxy) is 1. The molecule has 1 N–H and O–H groups in total. The van der Waals surface area contributed by atoms with E-state index < -0.39 is 0 Å². The van der Waals surface area contributed by atoms with Gasteiger partial charge in [0.1, 0.15) is 0 Å². The Kier molecular flexibility index (Phi) is 4.20. The van der Waals surface area contributed by atoms with E-state index >= 15 is 0 Å². The summed E-state index contributed by atoms with van der Waals surface area (Å²) < 4.78 is 5.16. The lowest BCUT2D eigenvalue weighted by Gasteiger charge is -2.19. The van der Waals surface area contributed by atoms with Gasteiger partial charge in [0.15, 0.2) is 0 Å². The van der Waals surface area contributed by atoms with Gasteiger partial charge in [-0.2, -0.15) is 0 Å². The third kappa shape index (κ3) is 2.85. The molecule has 0 spiro atoms. The molecule has 14 heavy (non-hydrogen) atoms. The summed E-state index contributed by atoms with van der Waals surface area (Å²) in [7, 11) is 0. The van der Waals surface area contributed by atoms with Crippen molar-refractivity contribution in [3.63, 3.8) is 0 Å². The van der Waals surface area contributed by atoms with Crippen LogP contribution in [0, 0.1) is 11.8 Å². The van der Waals surface area contributed by atoms with E-state index in [0.717, 1.165) is 0 Å². The Morgan fingerprint density at radius 2 is 2.07 bits per heavy atom. The van der Waals surface area contributed by atoms with Crippen molar-refractivity contribution in [2.45, 2.75) is 32.2 Å². The van der Waals surface area contributed by atoms with Crippen LogP contribution in [0.15, 0.2) is 0 Å². The summed E-state index contributed by atoms with van der Waals surface area (Å²) in [6.45, 7) is 7.06. The van der Waals surface area contributed by atoms with Gasteiger partial charge in [-0.05, 0) is 5.92 Å². The Bertz CT molecular complexity index is 208. The lowest BCUT2D eigenvalue weighted by Crippen LogP contribution is -2.43. The molecule has 0 radical (unpaired) electrons. The van der Waals surface area contributed by atoms with Gasteiger partial charge in [0.25, 0.3) is 0 Å². The molecule has 4 heteroatoms. The summed E-state index contributed by atoms with van der Waals surface area (Å²) in [6, 6.07) is -0.0228. The number of nitrogens with one attached hydrogen (secondary N) is 1. The smallest absolute Gasteiger partial charge is 0.223 e. The molecule has 1 aliphatic rings. The van der Waals surface area contributed by atoms with Crippen molar-refractivity contribution in [1.82, 2.24) is 5.32 Å². The molecule has 0 aliphatic carbocycles. The zero-order chi connectivity index (χ0) is 10.7. The fourth-order valence-electron chi connectivity index (χ4n) is 1.28. The Morgan fingerprint density at radius 3 is 2.50 bits per heavy atom. The molecule has 0 aromatic carbocycles. The van der Waals surface area contributed by atoms with Crippen LogP contribution in [0.5, 0.6) is 0 Å². The van der Waals surface area contributed by atoms with Gasteiger partial charge in [0.05, 0.1) is 24.6 Å². The van der Waals surface area contributed by atoms with Gasteiger partial charge in [-0.1, -0.05) is 20.8 Å². The number of hydrogen-bond donors (Lipinski definition) is 1. The maximum absolute atomic E-state index is 11.7. The average molecular weight is 220 g/mol. The normalized spacial score (nSPS) is 29.2. The number of hydrogen-bond acceptors (Lipinski definition) is 2. The predicted octanol–water partition coefficient (Wildman–Crippen LogP) is 1.40. The summed E-state index contributed by atoms with van der Waals surface area (Å²) in [6.07, 6.45) is 0. The summed E-state index contributed by atoms with van der Waals surface area (Å²) in [5.74, 6) is 0.451. The molecular formula is C10H18ClNO2. The van der Waals surface area contributed by atoms with E-state index in [4.69, 9.17) is 16.3 Å². The highest BCUT2D eigenvalue weighted by Gasteiger charge is 2.29. The van der Waals surface area contributed by atoms with Crippen molar-refractivity contribution >= 4 is 17.5 Å². The molecule has 1 heterocycles. The largest absolute Gasteiger partial charge is 0.378 e. The maximum Gasteiger partial charge on any atom is 0.223 e. The molecular weight excluding hydrogens is 202 g/mol. The fourth-order valence-corrected chi connectivity index (χ4v) is 1.50. The minimum Gasteiger partial charge on any atom is -0.378 e. The van der Waals surface area contributed by atoms with Crippen molar-refractivity contribution in [1.29, 1.82) is 0 Å². The third-order valence-electron chi connectivity index (χ3n) is 2.75. The highest BCUT2D eigenvalue weighted by Crippen LogP contribution is 2.15. The second-order valence-corrected chi connectivity index (χ2v) is 4.76. The van der Waals surface area contributed by atoms with Gasteiger partial charge >= 0.3 is 0 Å². The standard InChI is InChI=1S/C10H18ClNO2/c1-6(2)7(3)10(13)12-9-5-14-4-8(9)11/h6-9H,4-5H2,1-3H3,(H,12,13). The molecule has 1 aliphatic heterocycles. The fraction of sp³-hybridized carbons (Fsp3) is 0.900. The van der Waals surface area contributed by atoms with Crippen LogP contribution in [0.4, 0.5) is 0 Å². The Morgan fingerprint density at radius 1 is 1.43 bits per heavy atom. The number of carbonyl (C=O) groups is 1. The number of amides is 1. The first-order chi connectivity index (χ1) is 6.52. The van der Waals surface area contributed by atoms with Gasteiger partial charge in [-0.3, -0.25) is 4.79 Å². The van der Waals surface area contributed by atoms with Crippen molar-refractivity contribution in [2.75, 3.05) is 13.2 Å². The van der Waals surface area contributed by atoms with Crippen LogP contribution in [0.2, 0.25) is 0 Å². The third-order valence-corrected chi connectivity index (χ3v) is 3.18. The van der Waals surface area contributed by atoms with Crippen molar-refractivity contribution < 1.29 is 9.53 Å². The lowest BCUT2D eigenvalue weighted by atomic mass is 9.97.